The average molecular weight is 557 g/mol. The molecule has 0 saturated carbocycles. The lowest BCUT2D eigenvalue weighted by atomic mass is 10.1. The molecule has 1 saturated heterocycles. The highest BCUT2D eigenvalue weighted by Gasteiger charge is 2.30. The quantitative estimate of drug-likeness (QED) is 0.304. The number of carbonyl (C=O) groups is 1. The lowest BCUT2D eigenvalue weighted by Crippen LogP contribution is -2.54. The van der Waals surface area contributed by atoms with Crippen molar-refractivity contribution in [2.75, 3.05) is 20.1 Å². The van der Waals surface area contributed by atoms with Crippen LogP contribution in [0.25, 0.3) is 0 Å². The van der Waals surface area contributed by atoms with Crippen molar-refractivity contribution >= 4 is 29.2 Å². The largest absolute Gasteiger partial charge is 0.392 e. The van der Waals surface area contributed by atoms with Gasteiger partial charge in [0.1, 0.15) is 6.10 Å². The number of piperidine rings is 1. The topological polar surface area (TPSA) is 65.0 Å². The molecule has 2 amide bonds. The average Bonchev–Trinajstić information content (AvgIpc) is 2.95. The molecule has 2 unspecified atom stereocenters. The molecule has 3 aromatic carbocycles. The van der Waals surface area contributed by atoms with Crippen molar-refractivity contribution in [1.29, 1.82) is 0 Å². The van der Waals surface area contributed by atoms with E-state index in [2.05, 4.69) is 17.3 Å². The van der Waals surface area contributed by atoms with Crippen LogP contribution in [0.4, 0.5) is 4.79 Å². The van der Waals surface area contributed by atoms with E-state index >= 15 is 0 Å². The number of hydrogen-bond acceptors (Lipinski definition) is 4. The van der Waals surface area contributed by atoms with Crippen molar-refractivity contribution in [3.05, 3.63) is 105 Å². The Morgan fingerprint density at radius 2 is 1.76 bits per heavy atom. The molecule has 8 heteroatoms. The van der Waals surface area contributed by atoms with Crippen molar-refractivity contribution in [1.82, 2.24) is 15.1 Å². The zero-order valence-corrected chi connectivity index (χ0v) is 23.2. The van der Waals surface area contributed by atoms with E-state index in [0.29, 0.717) is 23.2 Å². The fourth-order valence-corrected chi connectivity index (χ4v) is 5.22. The molecule has 1 heterocycles. The van der Waals surface area contributed by atoms with E-state index in [1.54, 1.807) is 6.07 Å². The summed E-state index contributed by atoms with van der Waals surface area (Å²) in [5.74, 6) is 0. The van der Waals surface area contributed by atoms with Gasteiger partial charge in [-0.25, -0.2) is 4.79 Å². The van der Waals surface area contributed by atoms with Crippen molar-refractivity contribution in [2.45, 2.75) is 51.3 Å². The van der Waals surface area contributed by atoms with E-state index in [1.165, 1.54) is 0 Å². The number of urea groups is 1. The molecule has 2 atom stereocenters. The van der Waals surface area contributed by atoms with Gasteiger partial charge in [-0.05, 0) is 55.6 Å². The third-order valence-corrected chi connectivity index (χ3v) is 7.81. The molecule has 1 aliphatic rings. The van der Waals surface area contributed by atoms with Crippen LogP contribution in [0.1, 0.15) is 47.6 Å². The summed E-state index contributed by atoms with van der Waals surface area (Å²) in [7, 11) is 2.07. The van der Waals surface area contributed by atoms with E-state index < -0.39 is 6.10 Å². The van der Waals surface area contributed by atoms with Crippen molar-refractivity contribution in [2.24, 2.45) is 0 Å². The van der Waals surface area contributed by atoms with Gasteiger partial charge in [0.15, 0.2) is 0 Å². The van der Waals surface area contributed by atoms with Gasteiger partial charge in [-0.15, -0.1) is 0 Å². The predicted octanol–water partition coefficient (Wildman–Crippen LogP) is 6.40. The SMILES string of the molecule is CN1CCCCC1N(Cc1ccc(CO)cc1)C(=O)NCC(OCc1ccccc1)c1cccc(Cl)c1Cl. The number of nitrogens with zero attached hydrogens (tertiary/aromatic N) is 2. The zero-order chi connectivity index (χ0) is 26.9. The number of carbonyl (C=O) groups excluding carboxylic acids is 1. The summed E-state index contributed by atoms with van der Waals surface area (Å²) in [4.78, 5) is 17.8. The number of ether oxygens (including phenoxy) is 1. The second kappa shape index (κ2) is 14.0. The smallest absolute Gasteiger partial charge is 0.319 e. The van der Waals surface area contributed by atoms with Gasteiger partial charge in [0, 0.05) is 18.7 Å². The normalized spacial score (nSPS) is 16.7. The first-order valence-corrected chi connectivity index (χ1v) is 13.7. The molecular weight excluding hydrogens is 521 g/mol. The van der Waals surface area contributed by atoms with Gasteiger partial charge in [0.25, 0.3) is 0 Å². The zero-order valence-electron chi connectivity index (χ0n) is 21.7. The molecule has 6 nitrogen and oxygen atoms in total. The van der Waals surface area contributed by atoms with Crippen molar-refractivity contribution in [3.8, 4) is 0 Å². The van der Waals surface area contributed by atoms with Crippen molar-refractivity contribution in [3.63, 3.8) is 0 Å². The highest BCUT2D eigenvalue weighted by molar-refractivity contribution is 6.42. The maximum Gasteiger partial charge on any atom is 0.319 e. The third kappa shape index (κ3) is 7.49. The van der Waals surface area contributed by atoms with Crippen LogP contribution in [-0.4, -0.2) is 47.2 Å². The first-order valence-electron chi connectivity index (χ1n) is 13.0. The van der Waals surface area contributed by atoms with Gasteiger partial charge in [0.05, 0.1) is 29.4 Å². The molecule has 1 aliphatic heterocycles. The minimum atomic E-state index is -0.486. The Bertz CT molecular complexity index is 1180. The number of benzene rings is 3. The summed E-state index contributed by atoms with van der Waals surface area (Å²) < 4.78 is 6.28. The number of aliphatic hydroxyl groups is 1. The van der Waals surface area contributed by atoms with Crippen molar-refractivity contribution < 1.29 is 14.6 Å². The Hall–Kier alpha value is -2.61. The Balaban J connectivity index is 1.52. The first-order chi connectivity index (χ1) is 18.5. The molecule has 2 N–H and O–H groups in total. The summed E-state index contributed by atoms with van der Waals surface area (Å²) in [6, 6.07) is 22.9. The van der Waals surface area contributed by atoms with Crippen LogP contribution in [-0.2, 0) is 24.5 Å². The summed E-state index contributed by atoms with van der Waals surface area (Å²) in [6.07, 6.45) is 2.60. The number of rotatable bonds is 10. The Morgan fingerprint density at radius 3 is 2.47 bits per heavy atom. The van der Waals surface area contributed by atoms with E-state index in [1.807, 2.05) is 71.6 Å². The van der Waals surface area contributed by atoms with Gasteiger partial charge < -0.3 is 20.1 Å². The summed E-state index contributed by atoms with van der Waals surface area (Å²) >= 11 is 12.9. The number of amides is 2. The van der Waals surface area contributed by atoms with Crippen LogP contribution < -0.4 is 5.32 Å². The van der Waals surface area contributed by atoms with Gasteiger partial charge in [-0.3, -0.25) is 4.90 Å². The fourth-order valence-electron chi connectivity index (χ4n) is 4.79. The van der Waals surface area contributed by atoms with Gasteiger partial charge in [-0.1, -0.05) is 89.9 Å². The van der Waals surface area contributed by atoms with Gasteiger partial charge in [-0.2, -0.15) is 0 Å². The van der Waals surface area contributed by atoms with E-state index in [9.17, 15) is 9.90 Å². The summed E-state index contributed by atoms with van der Waals surface area (Å²) in [5.41, 5.74) is 3.61. The molecule has 0 bridgehead atoms. The number of halogens is 2. The molecule has 1 fully saturated rings. The van der Waals surface area contributed by atoms with Crippen LogP contribution in [0.5, 0.6) is 0 Å². The van der Waals surface area contributed by atoms with E-state index in [-0.39, 0.29) is 25.3 Å². The molecule has 0 aliphatic carbocycles. The first kappa shape index (κ1) is 28.4. The maximum atomic E-state index is 13.7. The molecular formula is C30H35Cl2N3O3. The number of aliphatic hydroxyl groups excluding tert-OH is 1. The predicted molar refractivity (Wildman–Crippen MR) is 152 cm³/mol. The summed E-state index contributed by atoms with van der Waals surface area (Å²) in [5, 5.41) is 13.4. The van der Waals surface area contributed by atoms with Crippen LogP contribution in [0.15, 0.2) is 72.8 Å². The van der Waals surface area contributed by atoms with Gasteiger partial charge >= 0.3 is 6.03 Å². The fraction of sp³-hybridized carbons (Fsp3) is 0.367. The highest BCUT2D eigenvalue weighted by atomic mass is 35.5. The number of hydrogen-bond donors (Lipinski definition) is 2. The van der Waals surface area contributed by atoms with Crippen LogP contribution >= 0.6 is 23.2 Å². The molecule has 202 valence electrons. The van der Waals surface area contributed by atoms with Crippen LogP contribution in [0.3, 0.4) is 0 Å². The van der Waals surface area contributed by atoms with Gasteiger partial charge in [0.2, 0.25) is 0 Å². The lowest BCUT2D eigenvalue weighted by Gasteiger charge is -2.41. The second-order valence-electron chi connectivity index (χ2n) is 9.67. The Morgan fingerprint density at radius 1 is 1.03 bits per heavy atom. The Kier molecular flexibility index (Phi) is 10.4. The molecule has 0 aromatic heterocycles. The Labute approximate surface area is 235 Å². The third-order valence-electron chi connectivity index (χ3n) is 6.97. The minimum absolute atomic E-state index is 0.00766. The van der Waals surface area contributed by atoms with E-state index in [0.717, 1.165) is 48.1 Å². The molecule has 38 heavy (non-hydrogen) atoms. The monoisotopic (exact) mass is 555 g/mol. The lowest BCUT2D eigenvalue weighted by molar-refractivity contribution is 0.0321. The standard InChI is InChI=1S/C30H35Cl2N3O3/c1-34-17-6-5-12-28(34)35(19-22-13-15-23(20-36)16-14-22)30(37)33-18-27(25-10-7-11-26(31)29(25)32)38-21-24-8-3-2-4-9-24/h2-4,7-11,13-16,27-28,36H,5-6,12,17-21H2,1H3,(H,33,37). The maximum absolute atomic E-state index is 13.7. The molecule has 3 aromatic rings. The van der Waals surface area contributed by atoms with Crippen LogP contribution in [0, 0.1) is 0 Å². The van der Waals surface area contributed by atoms with E-state index in [4.69, 9.17) is 27.9 Å². The van der Waals surface area contributed by atoms with Crippen LogP contribution in [0.2, 0.25) is 10.0 Å². The summed E-state index contributed by atoms with van der Waals surface area (Å²) in [6.45, 7) is 2.00. The molecule has 4 rings (SSSR count). The second-order valence-corrected chi connectivity index (χ2v) is 10.5. The molecule has 0 spiro atoms. The minimum Gasteiger partial charge on any atom is -0.392 e. The number of nitrogens with one attached hydrogen (secondary N) is 1. The number of likely N-dealkylation sites (tertiary alicyclic amines) is 1. The molecule has 0 radical (unpaired) electrons. The highest BCUT2D eigenvalue weighted by Crippen LogP contribution is 2.32.